The van der Waals surface area contributed by atoms with E-state index in [2.05, 4.69) is 0 Å². The molecule has 3 rings (SSSR count). The molecule has 0 radical (unpaired) electrons. The first-order valence-corrected chi connectivity index (χ1v) is 10.5. The molecule has 0 unspecified atom stereocenters. The number of benzene rings is 1. The highest BCUT2D eigenvalue weighted by molar-refractivity contribution is 7.89. The first-order chi connectivity index (χ1) is 12.4. The van der Waals surface area contributed by atoms with Crippen molar-refractivity contribution in [3.05, 3.63) is 28.8 Å². The van der Waals surface area contributed by atoms with Crippen LogP contribution in [0.5, 0.6) is 0 Å². The van der Waals surface area contributed by atoms with Crippen LogP contribution in [0.4, 0.5) is 0 Å². The maximum absolute atomic E-state index is 12.9. The van der Waals surface area contributed by atoms with Crippen molar-refractivity contribution < 1.29 is 23.1 Å². The van der Waals surface area contributed by atoms with E-state index in [-0.39, 0.29) is 33.9 Å². The van der Waals surface area contributed by atoms with Gasteiger partial charge in [0, 0.05) is 32.8 Å². The first-order valence-electron chi connectivity index (χ1n) is 8.71. The monoisotopic (exact) mass is 402 g/mol. The van der Waals surface area contributed by atoms with Crippen LogP contribution in [0.2, 0.25) is 5.02 Å². The molecule has 2 aliphatic rings. The second-order valence-electron chi connectivity index (χ2n) is 6.60. The van der Waals surface area contributed by atoms with Crippen LogP contribution in [-0.2, 0) is 14.8 Å². The summed E-state index contributed by atoms with van der Waals surface area (Å²) in [6.07, 6.45) is 1.68. The Morgan fingerprint density at radius 2 is 2.00 bits per heavy atom. The zero-order chi connectivity index (χ0) is 18.7. The molecule has 2 saturated heterocycles. The summed E-state index contributed by atoms with van der Waals surface area (Å²) >= 11 is 6.19. The average molecular weight is 403 g/mol. The Balaban J connectivity index is 1.86. The van der Waals surface area contributed by atoms with E-state index in [1.807, 2.05) is 0 Å². The highest BCUT2D eigenvalue weighted by Crippen LogP contribution is 2.26. The number of aliphatic hydroxyl groups is 1. The number of carbonyl (C=O) groups is 1. The van der Waals surface area contributed by atoms with Gasteiger partial charge < -0.3 is 14.7 Å². The minimum absolute atomic E-state index is 0.0307. The number of piperidine rings is 1. The number of rotatable bonds is 4. The van der Waals surface area contributed by atoms with Gasteiger partial charge in [-0.3, -0.25) is 4.79 Å². The number of carbonyl (C=O) groups excluding carboxylic acids is 1. The maximum atomic E-state index is 12.9. The summed E-state index contributed by atoms with van der Waals surface area (Å²) in [6, 6.07) is 4.24. The van der Waals surface area contributed by atoms with Gasteiger partial charge in [0.15, 0.2) is 0 Å². The fourth-order valence-electron chi connectivity index (χ4n) is 3.33. The summed E-state index contributed by atoms with van der Waals surface area (Å²) in [7, 11) is -3.70. The third-order valence-corrected chi connectivity index (χ3v) is 7.06. The Morgan fingerprint density at radius 3 is 2.69 bits per heavy atom. The second kappa shape index (κ2) is 8.22. The van der Waals surface area contributed by atoms with Crippen molar-refractivity contribution in [3.8, 4) is 0 Å². The minimum atomic E-state index is -3.70. The average Bonchev–Trinajstić information content (AvgIpc) is 2.68. The molecule has 1 atom stereocenters. The zero-order valence-corrected chi connectivity index (χ0v) is 16.0. The van der Waals surface area contributed by atoms with E-state index in [4.69, 9.17) is 16.3 Å². The quantitative estimate of drug-likeness (QED) is 0.817. The molecular weight excluding hydrogens is 380 g/mol. The predicted molar refractivity (Wildman–Crippen MR) is 96.7 cm³/mol. The van der Waals surface area contributed by atoms with Gasteiger partial charge in [-0.25, -0.2) is 8.42 Å². The Kier molecular flexibility index (Phi) is 6.19. The standard InChI is InChI=1S/C17H23ClN2O5S/c18-16-4-3-14(26(23,24)20-6-8-25-9-7-20)10-15(16)17(22)19-5-1-2-13(11-19)12-21/h3-4,10,13,21H,1-2,5-9,11-12H2/t13-/m0/s1. The lowest BCUT2D eigenvalue weighted by molar-refractivity contribution is 0.0620. The van der Waals surface area contributed by atoms with Gasteiger partial charge in [-0.05, 0) is 37.0 Å². The van der Waals surface area contributed by atoms with Crippen LogP contribution in [0.3, 0.4) is 0 Å². The number of likely N-dealkylation sites (tertiary alicyclic amines) is 1. The van der Waals surface area contributed by atoms with Crippen molar-refractivity contribution in [1.29, 1.82) is 0 Å². The van der Waals surface area contributed by atoms with Gasteiger partial charge >= 0.3 is 0 Å². The van der Waals surface area contributed by atoms with Crippen LogP contribution in [0.25, 0.3) is 0 Å². The highest BCUT2D eigenvalue weighted by atomic mass is 35.5. The van der Waals surface area contributed by atoms with E-state index >= 15 is 0 Å². The third-order valence-electron chi connectivity index (χ3n) is 4.84. The smallest absolute Gasteiger partial charge is 0.255 e. The van der Waals surface area contributed by atoms with Crippen molar-refractivity contribution in [1.82, 2.24) is 9.21 Å². The van der Waals surface area contributed by atoms with Crippen molar-refractivity contribution in [2.24, 2.45) is 5.92 Å². The Bertz CT molecular complexity index is 764. The molecule has 0 aliphatic carbocycles. The maximum Gasteiger partial charge on any atom is 0.255 e. The molecule has 144 valence electrons. The number of nitrogens with zero attached hydrogens (tertiary/aromatic N) is 2. The summed E-state index contributed by atoms with van der Waals surface area (Å²) in [6.45, 7) is 2.35. The molecule has 1 amide bonds. The lowest BCUT2D eigenvalue weighted by Gasteiger charge is -2.32. The zero-order valence-electron chi connectivity index (χ0n) is 14.4. The van der Waals surface area contributed by atoms with Gasteiger partial charge in [0.2, 0.25) is 10.0 Å². The molecule has 1 aromatic rings. The molecule has 7 nitrogen and oxygen atoms in total. The topological polar surface area (TPSA) is 87.2 Å². The van der Waals surface area contributed by atoms with E-state index in [0.29, 0.717) is 39.4 Å². The van der Waals surface area contributed by atoms with Crippen LogP contribution in [-0.4, -0.2) is 74.6 Å². The van der Waals surface area contributed by atoms with Gasteiger partial charge in [0.1, 0.15) is 0 Å². The molecule has 1 N–H and O–H groups in total. The summed E-state index contributed by atoms with van der Waals surface area (Å²) in [5.74, 6) is -0.251. The van der Waals surface area contributed by atoms with Crippen molar-refractivity contribution >= 4 is 27.5 Å². The minimum Gasteiger partial charge on any atom is -0.396 e. The molecule has 0 bridgehead atoms. The molecule has 26 heavy (non-hydrogen) atoms. The molecule has 0 aromatic heterocycles. The SMILES string of the molecule is O=C(c1cc(S(=O)(=O)N2CCOCC2)ccc1Cl)N1CCC[C@H](CO)C1. The van der Waals surface area contributed by atoms with Gasteiger partial charge in [-0.15, -0.1) is 0 Å². The van der Waals surface area contributed by atoms with E-state index in [0.717, 1.165) is 12.8 Å². The van der Waals surface area contributed by atoms with Crippen molar-refractivity contribution in [3.63, 3.8) is 0 Å². The van der Waals surface area contributed by atoms with E-state index in [1.54, 1.807) is 4.90 Å². The Hall–Kier alpha value is -1.19. The number of halogens is 1. The number of amides is 1. The van der Waals surface area contributed by atoms with E-state index in [1.165, 1.54) is 22.5 Å². The number of aliphatic hydroxyl groups excluding tert-OH is 1. The van der Waals surface area contributed by atoms with Crippen molar-refractivity contribution in [2.75, 3.05) is 46.0 Å². The summed E-state index contributed by atoms with van der Waals surface area (Å²) in [5.41, 5.74) is 0.180. The van der Waals surface area contributed by atoms with Crippen LogP contribution in [0.1, 0.15) is 23.2 Å². The van der Waals surface area contributed by atoms with Crippen molar-refractivity contribution in [2.45, 2.75) is 17.7 Å². The number of hydrogen-bond donors (Lipinski definition) is 1. The largest absolute Gasteiger partial charge is 0.396 e. The van der Waals surface area contributed by atoms with Gasteiger partial charge in [0.25, 0.3) is 5.91 Å². The van der Waals surface area contributed by atoms with E-state index < -0.39 is 10.0 Å². The molecule has 2 heterocycles. The number of ether oxygens (including phenoxy) is 1. The molecule has 1 aromatic carbocycles. The number of morpholine rings is 1. The van der Waals surface area contributed by atoms with Gasteiger partial charge in [-0.1, -0.05) is 11.6 Å². The lowest BCUT2D eigenvalue weighted by Crippen LogP contribution is -2.41. The van der Waals surface area contributed by atoms with Crippen LogP contribution in [0, 0.1) is 5.92 Å². The first kappa shape index (κ1) is 19.6. The summed E-state index contributed by atoms with van der Waals surface area (Å²) in [5, 5.41) is 9.58. The van der Waals surface area contributed by atoms with Gasteiger partial charge in [-0.2, -0.15) is 4.31 Å². The number of hydrogen-bond acceptors (Lipinski definition) is 5. The molecule has 0 spiro atoms. The predicted octanol–water partition coefficient (Wildman–Crippen LogP) is 1.21. The van der Waals surface area contributed by atoms with Crippen LogP contribution < -0.4 is 0 Å². The number of sulfonamides is 1. The molecule has 2 fully saturated rings. The molecular formula is C17H23ClN2O5S. The third kappa shape index (κ3) is 4.04. The summed E-state index contributed by atoms with van der Waals surface area (Å²) < 4.78 is 32.2. The van der Waals surface area contributed by atoms with Crippen LogP contribution in [0.15, 0.2) is 23.1 Å². The lowest BCUT2D eigenvalue weighted by atomic mass is 9.98. The second-order valence-corrected chi connectivity index (χ2v) is 8.95. The molecule has 2 aliphatic heterocycles. The fourth-order valence-corrected chi connectivity index (χ4v) is 4.97. The van der Waals surface area contributed by atoms with Gasteiger partial charge in [0.05, 0.1) is 28.7 Å². The molecule has 9 heteroatoms. The molecule has 0 saturated carbocycles. The van der Waals surface area contributed by atoms with E-state index in [9.17, 15) is 18.3 Å². The Morgan fingerprint density at radius 1 is 1.27 bits per heavy atom. The Labute approximate surface area is 158 Å². The van der Waals surface area contributed by atoms with Crippen LogP contribution >= 0.6 is 11.6 Å². The summed E-state index contributed by atoms with van der Waals surface area (Å²) in [4.78, 5) is 14.6. The normalized spacial score (nSPS) is 22.4. The highest BCUT2D eigenvalue weighted by Gasteiger charge is 2.30. The fraction of sp³-hybridized carbons (Fsp3) is 0.588.